The minimum atomic E-state index is -0.0603. The number of nitrogens with one attached hydrogen (secondary N) is 3. The van der Waals surface area contributed by atoms with Crippen LogP contribution in [0.3, 0.4) is 0 Å². The fraction of sp³-hybridized carbons (Fsp3) is 0.632. The van der Waals surface area contributed by atoms with Crippen molar-refractivity contribution in [2.45, 2.75) is 51.0 Å². The molecule has 0 bridgehead atoms. The van der Waals surface area contributed by atoms with Gasteiger partial charge in [0.15, 0.2) is 0 Å². The van der Waals surface area contributed by atoms with Crippen molar-refractivity contribution >= 4 is 11.7 Å². The Bertz CT molecular complexity index is 485. The number of hydrogen-bond acceptors (Lipinski definition) is 2. The summed E-state index contributed by atoms with van der Waals surface area (Å²) in [5, 5.41) is 9.70. The van der Waals surface area contributed by atoms with Crippen LogP contribution in [0.25, 0.3) is 0 Å². The lowest BCUT2D eigenvalue weighted by Crippen LogP contribution is -2.45. The standard InChI is InChI=1S/C19H29N3O/c23-19(21-17-9-2-1-3-10-17)22-18-11-5-4-8-16(18)13-15-7-6-12-20-14-15/h1-3,9-10,15-16,18,20H,4-8,11-14H2,(H2,21,22,23)/t15-,16+,18-/m1/s1. The molecule has 3 atom stereocenters. The van der Waals surface area contributed by atoms with Crippen LogP contribution in [0.5, 0.6) is 0 Å². The topological polar surface area (TPSA) is 53.2 Å². The minimum absolute atomic E-state index is 0.0603. The number of carbonyl (C=O) groups excluding carboxylic acids is 1. The Balaban J connectivity index is 1.52. The lowest BCUT2D eigenvalue weighted by molar-refractivity contribution is 0.199. The summed E-state index contributed by atoms with van der Waals surface area (Å²) < 4.78 is 0. The first kappa shape index (κ1) is 16.3. The molecular formula is C19H29N3O. The molecule has 1 aliphatic carbocycles. The molecule has 1 aliphatic heterocycles. The maximum absolute atomic E-state index is 12.3. The molecule has 1 heterocycles. The zero-order chi connectivity index (χ0) is 15.9. The highest BCUT2D eigenvalue weighted by Gasteiger charge is 2.29. The Labute approximate surface area is 139 Å². The van der Waals surface area contributed by atoms with Gasteiger partial charge < -0.3 is 16.0 Å². The summed E-state index contributed by atoms with van der Waals surface area (Å²) in [5.74, 6) is 1.42. The number of benzene rings is 1. The molecule has 3 N–H and O–H groups in total. The van der Waals surface area contributed by atoms with Crippen LogP contribution in [0, 0.1) is 11.8 Å². The van der Waals surface area contributed by atoms with Gasteiger partial charge in [-0.3, -0.25) is 0 Å². The molecule has 1 saturated carbocycles. The van der Waals surface area contributed by atoms with Gasteiger partial charge in [0.25, 0.3) is 0 Å². The molecule has 23 heavy (non-hydrogen) atoms. The van der Waals surface area contributed by atoms with E-state index in [0.717, 1.165) is 24.6 Å². The summed E-state index contributed by atoms with van der Waals surface area (Å²) in [6, 6.07) is 9.95. The number of amides is 2. The van der Waals surface area contributed by atoms with E-state index in [1.54, 1.807) is 0 Å². The van der Waals surface area contributed by atoms with E-state index in [1.807, 2.05) is 30.3 Å². The molecule has 2 aliphatic rings. The Hall–Kier alpha value is -1.55. The van der Waals surface area contributed by atoms with Gasteiger partial charge in [-0.2, -0.15) is 0 Å². The summed E-state index contributed by atoms with van der Waals surface area (Å²) in [6.07, 6.45) is 8.80. The lowest BCUT2D eigenvalue weighted by Gasteiger charge is -2.35. The molecule has 0 radical (unpaired) electrons. The SMILES string of the molecule is O=C(Nc1ccccc1)N[C@@H]1CCCC[C@H]1C[C@H]1CCCNC1. The predicted molar refractivity (Wildman–Crippen MR) is 94.6 cm³/mol. The van der Waals surface area contributed by atoms with Crippen LogP contribution in [0.2, 0.25) is 0 Å². The smallest absolute Gasteiger partial charge is 0.319 e. The predicted octanol–water partition coefficient (Wildman–Crippen LogP) is 3.76. The van der Waals surface area contributed by atoms with Crippen molar-refractivity contribution in [1.29, 1.82) is 0 Å². The highest BCUT2D eigenvalue weighted by Crippen LogP contribution is 2.31. The van der Waals surface area contributed by atoms with Gasteiger partial charge in [-0.25, -0.2) is 4.79 Å². The molecule has 1 saturated heterocycles. The highest BCUT2D eigenvalue weighted by atomic mass is 16.2. The third kappa shape index (κ3) is 4.96. The summed E-state index contributed by atoms with van der Waals surface area (Å²) in [4.78, 5) is 12.3. The first-order chi connectivity index (χ1) is 11.3. The Morgan fingerprint density at radius 2 is 1.91 bits per heavy atom. The molecule has 0 unspecified atom stereocenters. The second-order valence-corrected chi connectivity index (χ2v) is 7.06. The molecule has 0 aromatic heterocycles. The molecule has 0 spiro atoms. The van der Waals surface area contributed by atoms with Crippen LogP contribution in [0.1, 0.15) is 44.9 Å². The Morgan fingerprint density at radius 3 is 2.70 bits per heavy atom. The zero-order valence-corrected chi connectivity index (χ0v) is 13.9. The summed E-state index contributed by atoms with van der Waals surface area (Å²) in [7, 11) is 0. The normalized spacial score (nSPS) is 28.1. The minimum Gasteiger partial charge on any atom is -0.335 e. The van der Waals surface area contributed by atoms with Crippen LogP contribution in [0.4, 0.5) is 10.5 Å². The van der Waals surface area contributed by atoms with E-state index in [2.05, 4.69) is 16.0 Å². The summed E-state index contributed by atoms with van der Waals surface area (Å²) >= 11 is 0. The molecule has 2 amide bonds. The van der Waals surface area contributed by atoms with Crippen molar-refractivity contribution in [3.05, 3.63) is 30.3 Å². The van der Waals surface area contributed by atoms with Gasteiger partial charge >= 0.3 is 6.03 Å². The highest BCUT2D eigenvalue weighted by molar-refractivity contribution is 5.89. The van der Waals surface area contributed by atoms with Crippen molar-refractivity contribution in [1.82, 2.24) is 10.6 Å². The molecule has 4 heteroatoms. The van der Waals surface area contributed by atoms with Gasteiger partial charge in [-0.1, -0.05) is 31.0 Å². The average Bonchev–Trinajstić information content (AvgIpc) is 2.58. The van der Waals surface area contributed by atoms with E-state index in [9.17, 15) is 4.79 Å². The van der Waals surface area contributed by atoms with Gasteiger partial charge in [-0.15, -0.1) is 0 Å². The van der Waals surface area contributed by atoms with Gasteiger partial charge in [0.2, 0.25) is 0 Å². The Kier molecular flexibility index (Phi) is 5.92. The summed E-state index contributed by atoms with van der Waals surface area (Å²) in [5.41, 5.74) is 0.855. The summed E-state index contributed by atoms with van der Waals surface area (Å²) in [6.45, 7) is 2.32. The second kappa shape index (κ2) is 8.34. The van der Waals surface area contributed by atoms with E-state index in [-0.39, 0.29) is 6.03 Å². The molecule has 2 fully saturated rings. The van der Waals surface area contributed by atoms with E-state index in [1.165, 1.54) is 45.1 Å². The molecule has 1 aromatic rings. The Morgan fingerprint density at radius 1 is 1.09 bits per heavy atom. The van der Waals surface area contributed by atoms with Gasteiger partial charge in [0.05, 0.1) is 0 Å². The van der Waals surface area contributed by atoms with Crippen molar-refractivity contribution in [3.8, 4) is 0 Å². The lowest BCUT2D eigenvalue weighted by atomic mass is 9.77. The molecule has 126 valence electrons. The van der Waals surface area contributed by atoms with Crippen molar-refractivity contribution < 1.29 is 4.79 Å². The van der Waals surface area contributed by atoms with Gasteiger partial charge in [-0.05, 0) is 69.2 Å². The quantitative estimate of drug-likeness (QED) is 0.792. The van der Waals surface area contributed by atoms with Crippen LogP contribution >= 0.6 is 0 Å². The van der Waals surface area contributed by atoms with E-state index in [4.69, 9.17) is 0 Å². The number of hydrogen-bond donors (Lipinski definition) is 3. The van der Waals surface area contributed by atoms with Crippen LogP contribution < -0.4 is 16.0 Å². The van der Waals surface area contributed by atoms with Crippen LogP contribution in [0.15, 0.2) is 30.3 Å². The molecule has 1 aromatic carbocycles. The zero-order valence-electron chi connectivity index (χ0n) is 13.9. The largest absolute Gasteiger partial charge is 0.335 e. The van der Waals surface area contributed by atoms with Crippen LogP contribution in [-0.4, -0.2) is 25.2 Å². The van der Waals surface area contributed by atoms with Gasteiger partial charge in [0, 0.05) is 11.7 Å². The number of carbonyl (C=O) groups is 1. The van der Waals surface area contributed by atoms with E-state index in [0.29, 0.717) is 12.0 Å². The maximum atomic E-state index is 12.3. The molecule has 4 nitrogen and oxygen atoms in total. The van der Waals surface area contributed by atoms with Crippen molar-refractivity contribution in [2.24, 2.45) is 11.8 Å². The third-order valence-corrected chi connectivity index (χ3v) is 5.29. The number of urea groups is 1. The third-order valence-electron chi connectivity index (χ3n) is 5.29. The monoisotopic (exact) mass is 315 g/mol. The first-order valence-corrected chi connectivity index (χ1v) is 9.14. The van der Waals surface area contributed by atoms with Gasteiger partial charge in [0.1, 0.15) is 0 Å². The molecule has 3 rings (SSSR count). The number of para-hydroxylation sites is 1. The van der Waals surface area contributed by atoms with E-state index >= 15 is 0 Å². The van der Waals surface area contributed by atoms with Crippen molar-refractivity contribution in [3.63, 3.8) is 0 Å². The molecular weight excluding hydrogens is 286 g/mol. The maximum Gasteiger partial charge on any atom is 0.319 e. The number of anilines is 1. The number of rotatable bonds is 4. The number of piperidine rings is 1. The van der Waals surface area contributed by atoms with Crippen molar-refractivity contribution in [2.75, 3.05) is 18.4 Å². The average molecular weight is 315 g/mol. The fourth-order valence-electron chi connectivity index (χ4n) is 4.09. The van der Waals surface area contributed by atoms with E-state index < -0.39 is 0 Å². The first-order valence-electron chi connectivity index (χ1n) is 9.14. The second-order valence-electron chi connectivity index (χ2n) is 7.06. The fourth-order valence-corrected chi connectivity index (χ4v) is 4.09. The van der Waals surface area contributed by atoms with Crippen LogP contribution in [-0.2, 0) is 0 Å².